The first kappa shape index (κ1) is 16.6. The van der Waals surface area contributed by atoms with E-state index in [1.165, 1.54) is 21.6 Å². The number of amides is 1. The summed E-state index contributed by atoms with van der Waals surface area (Å²) in [7, 11) is 0. The van der Waals surface area contributed by atoms with Gasteiger partial charge in [-0.05, 0) is 48.2 Å². The SMILES string of the molecule is CSc1ccc(/C=C2/SC(=S)N(c3cccc(Cl)c3)C2=O)cc1. The second-order valence-corrected chi connectivity index (χ2v) is 7.76. The highest BCUT2D eigenvalue weighted by molar-refractivity contribution is 8.27. The summed E-state index contributed by atoms with van der Waals surface area (Å²) in [4.78, 5) is 16.0. The largest absolute Gasteiger partial charge is 0.270 e. The Morgan fingerprint density at radius 1 is 1.22 bits per heavy atom. The summed E-state index contributed by atoms with van der Waals surface area (Å²) >= 11 is 14.4. The van der Waals surface area contributed by atoms with Crippen LogP contribution in [0.25, 0.3) is 6.08 Å². The average Bonchev–Trinajstić information content (AvgIpc) is 2.82. The maximum atomic E-state index is 12.7. The number of thiocarbonyl (C=S) groups is 1. The van der Waals surface area contributed by atoms with Crippen LogP contribution in [0.4, 0.5) is 5.69 Å². The van der Waals surface area contributed by atoms with Crippen LogP contribution >= 0.6 is 47.3 Å². The molecule has 1 aliphatic heterocycles. The van der Waals surface area contributed by atoms with Gasteiger partial charge in [-0.1, -0.05) is 53.8 Å². The minimum absolute atomic E-state index is 0.115. The lowest BCUT2D eigenvalue weighted by Crippen LogP contribution is -2.27. The van der Waals surface area contributed by atoms with Crippen molar-refractivity contribution in [2.24, 2.45) is 0 Å². The van der Waals surface area contributed by atoms with Crippen molar-refractivity contribution in [1.82, 2.24) is 0 Å². The van der Waals surface area contributed by atoms with E-state index in [-0.39, 0.29) is 5.91 Å². The van der Waals surface area contributed by atoms with Crippen molar-refractivity contribution in [3.8, 4) is 0 Å². The monoisotopic (exact) mass is 377 g/mol. The summed E-state index contributed by atoms with van der Waals surface area (Å²) in [6, 6.07) is 15.2. The van der Waals surface area contributed by atoms with Gasteiger partial charge in [-0.3, -0.25) is 9.69 Å². The Labute approximate surface area is 153 Å². The van der Waals surface area contributed by atoms with E-state index in [2.05, 4.69) is 0 Å². The quantitative estimate of drug-likeness (QED) is 0.401. The number of halogens is 1. The minimum atomic E-state index is -0.115. The molecule has 1 saturated heterocycles. The van der Waals surface area contributed by atoms with Gasteiger partial charge in [-0.15, -0.1) is 11.8 Å². The van der Waals surface area contributed by atoms with E-state index in [4.69, 9.17) is 23.8 Å². The third-order valence-electron chi connectivity index (χ3n) is 3.27. The maximum absolute atomic E-state index is 12.7. The molecule has 0 bridgehead atoms. The highest BCUT2D eigenvalue weighted by Crippen LogP contribution is 2.36. The first-order chi connectivity index (χ1) is 11.1. The molecule has 0 radical (unpaired) electrons. The van der Waals surface area contributed by atoms with E-state index < -0.39 is 0 Å². The molecule has 2 aromatic rings. The Bertz CT molecular complexity index is 802. The summed E-state index contributed by atoms with van der Waals surface area (Å²) in [5.41, 5.74) is 1.68. The molecule has 0 unspecified atom stereocenters. The van der Waals surface area contributed by atoms with Crippen molar-refractivity contribution < 1.29 is 4.79 Å². The van der Waals surface area contributed by atoms with E-state index in [9.17, 15) is 4.79 Å². The number of carbonyl (C=O) groups excluding carboxylic acids is 1. The van der Waals surface area contributed by atoms with Gasteiger partial charge in [0.25, 0.3) is 5.91 Å². The van der Waals surface area contributed by atoms with Crippen LogP contribution < -0.4 is 4.90 Å². The minimum Gasteiger partial charge on any atom is -0.268 e. The van der Waals surface area contributed by atoms with Gasteiger partial charge in [-0.2, -0.15) is 0 Å². The van der Waals surface area contributed by atoms with Gasteiger partial charge in [0.2, 0.25) is 0 Å². The van der Waals surface area contributed by atoms with Crippen molar-refractivity contribution in [3.63, 3.8) is 0 Å². The molecule has 0 aromatic heterocycles. The van der Waals surface area contributed by atoms with E-state index in [1.54, 1.807) is 30.0 Å². The predicted octanol–water partition coefficient (Wildman–Crippen LogP) is 5.47. The smallest absolute Gasteiger partial charge is 0.268 e. The molecule has 0 atom stereocenters. The standard InChI is InChI=1S/C17H12ClNOS3/c1-22-14-7-5-11(6-8-14)9-15-16(20)19(17(21)23-15)13-4-2-3-12(18)10-13/h2-10H,1H3/b15-9+. The van der Waals surface area contributed by atoms with Gasteiger partial charge in [0.05, 0.1) is 10.6 Å². The summed E-state index contributed by atoms with van der Waals surface area (Å²) in [6.45, 7) is 0. The Balaban J connectivity index is 1.89. The van der Waals surface area contributed by atoms with Gasteiger partial charge >= 0.3 is 0 Å². The summed E-state index contributed by atoms with van der Waals surface area (Å²) in [5, 5.41) is 0.577. The lowest BCUT2D eigenvalue weighted by atomic mass is 10.2. The number of rotatable bonds is 3. The maximum Gasteiger partial charge on any atom is 0.270 e. The fourth-order valence-electron chi connectivity index (χ4n) is 2.16. The number of hydrogen-bond donors (Lipinski definition) is 0. The average molecular weight is 378 g/mol. The molecule has 1 heterocycles. The molecule has 1 amide bonds. The van der Waals surface area contributed by atoms with Gasteiger partial charge < -0.3 is 0 Å². The first-order valence-electron chi connectivity index (χ1n) is 6.76. The summed E-state index contributed by atoms with van der Waals surface area (Å²) < 4.78 is 0.518. The van der Waals surface area contributed by atoms with E-state index in [1.807, 2.05) is 42.7 Å². The van der Waals surface area contributed by atoms with E-state index >= 15 is 0 Å². The van der Waals surface area contributed by atoms with Crippen LogP contribution in [0.15, 0.2) is 58.3 Å². The highest BCUT2D eigenvalue weighted by atomic mass is 35.5. The van der Waals surface area contributed by atoms with Crippen LogP contribution in [0.2, 0.25) is 5.02 Å². The molecular weight excluding hydrogens is 366 g/mol. The zero-order valence-corrected chi connectivity index (χ0v) is 15.4. The Morgan fingerprint density at radius 2 is 1.96 bits per heavy atom. The number of hydrogen-bond acceptors (Lipinski definition) is 4. The summed E-state index contributed by atoms with van der Waals surface area (Å²) in [5.74, 6) is -0.115. The zero-order chi connectivity index (χ0) is 16.4. The van der Waals surface area contributed by atoms with Gasteiger partial charge in [0.1, 0.15) is 0 Å². The van der Waals surface area contributed by atoms with Crippen LogP contribution in [0, 0.1) is 0 Å². The van der Waals surface area contributed by atoms with Crippen molar-refractivity contribution in [3.05, 3.63) is 64.0 Å². The first-order valence-corrected chi connectivity index (χ1v) is 9.59. The number of benzene rings is 2. The fourth-order valence-corrected chi connectivity index (χ4v) is 4.05. The number of thioether (sulfide) groups is 2. The molecule has 3 rings (SSSR count). The Kier molecular flexibility index (Phi) is 5.11. The molecule has 0 saturated carbocycles. The van der Waals surface area contributed by atoms with Crippen molar-refractivity contribution in [2.45, 2.75) is 4.90 Å². The van der Waals surface area contributed by atoms with Gasteiger partial charge in [-0.25, -0.2) is 0 Å². The second kappa shape index (κ2) is 7.09. The molecule has 1 aliphatic rings. The van der Waals surface area contributed by atoms with Crippen LogP contribution in [-0.4, -0.2) is 16.5 Å². The molecule has 0 N–H and O–H groups in total. The normalized spacial score (nSPS) is 16.4. The number of nitrogens with zero attached hydrogens (tertiary/aromatic N) is 1. The van der Waals surface area contributed by atoms with Crippen LogP contribution in [0.3, 0.4) is 0 Å². The molecule has 0 spiro atoms. The van der Waals surface area contributed by atoms with Gasteiger partial charge in [0.15, 0.2) is 4.32 Å². The van der Waals surface area contributed by atoms with Gasteiger partial charge in [0, 0.05) is 9.92 Å². The Morgan fingerprint density at radius 3 is 2.61 bits per heavy atom. The molecule has 23 heavy (non-hydrogen) atoms. The van der Waals surface area contributed by atoms with Crippen LogP contribution in [0.1, 0.15) is 5.56 Å². The zero-order valence-electron chi connectivity index (χ0n) is 12.2. The van der Waals surface area contributed by atoms with Crippen molar-refractivity contribution in [1.29, 1.82) is 0 Å². The molecule has 2 aromatic carbocycles. The van der Waals surface area contributed by atoms with Crippen molar-refractivity contribution >= 4 is 69.3 Å². The molecule has 116 valence electrons. The highest BCUT2D eigenvalue weighted by Gasteiger charge is 2.33. The molecule has 1 fully saturated rings. The Hall–Kier alpha value is -1.27. The van der Waals surface area contributed by atoms with Crippen LogP contribution in [0.5, 0.6) is 0 Å². The lowest BCUT2D eigenvalue weighted by molar-refractivity contribution is -0.113. The topological polar surface area (TPSA) is 20.3 Å². The molecule has 6 heteroatoms. The van der Waals surface area contributed by atoms with Crippen LogP contribution in [-0.2, 0) is 4.79 Å². The third kappa shape index (κ3) is 3.63. The molecule has 0 aliphatic carbocycles. The lowest BCUT2D eigenvalue weighted by Gasteiger charge is -2.14. The predicted molar refractivity (Wildman–Crippen MR) is 105 cm³/mol. The van der Waals surface area contributed by atoms with E-state index in [0.29, 0.717) is 19.9 Å². The molecular formula is C17H12ClNOS3. The molecule has 2 nitrogen and oxygen atoms in total. The third-order valence-corrected chi connectivity index (χ3v) is 5.55. The fraction of sp³-hybridized carbons (Fsp3) is 0.0588. The number of anilines is 1. The summed E-state index contributed by atoms with van der Waals surface area (Å²) in [6.07, 6.45) is 3.90. The van der Waals surface area contributed by atoms with E-state index in [0.717, 1.165) is 5.56 Å². The second-order valence-electron chi connectivity index (χ2n) is 4.77. The van der Waals surface area contributed by atoms with Crippen molar-refractivity contribution in [2.75, 3.05) is 11.2 Å². The number of carbonyl (C=O) groups is 1.